The molecule has 0 spiro atoms. The second kappa shape index (κ2) is 14.1. The highest BCUT2D eigenvalue weighted by Crippen LogP contribution is 2.29. The SMILES string of the molecule is CCn1nc(-c2cccc(-c3cccc(CC(=O)NCc4cccc(O)c4)c3)c2)cc(NC(=O)Nc2c(Cl)cncc2Cl)c1=O. The van der Waals surface area contributed by atoms with Crippen LogP contribution in [0.5, 0.6) is 5.75 Å². The van der Waals surface area contributed by atoms with Crippen molar-refractivity contribution in [3.8, 4) is 28.1 Å². The highest BCUT2D eigenvalue weighted by atomic mass is 35.5. The Morgan fingerprint density at radius 2 is 1.51 bits per heavy atom. The summed E-state index contributed by atoms with van der Waals surface area (Å²) in [5, 5.41) is 22.4. The van der Waals surface area contributed by atoms with Crippen LogP contribution in [-0.2, 0) is 24.3 Å². The maximum Gasteiger partial charge on any atom is 0.323 e. The smallest absolute Gasteiger partial charge is 0.323 e. The lowest BCUT2D eigenvalue weighted by Gasteiger charge is -2.13. The number of amides is 3. The van der Waals surface area contributed by atoms with Gasteiger partial charge >= 0.3 is 6.03 Å². The van der Waals surface area contributed by atoms with Crippen molar-refractivity contribution in [1.29, 1.82) is 0 Å². The number of urea groups is 1. The molecule has 0 aliphatic heterocycles. The monoisotopic (exact) mass is 642 g/mol. The number of hydrogen-bond donors (Lipinski definition) is 4. The number of halogens is 2. The predicted molar refractivity (Wildman–Crippen MR) is 176 cm³/mol. The van der Waals surface area contributed by atoms with Crippen molar-refractivity contribution >= 4 is 46.5 Å². The van der Waals surface area contributed by atoms with Crippen LogP contribution in [0, 0.1) is 0 Å². The molecule has 2 aromatic heterocycles. The van der Waals surface area contributed by atoms with Gasteiger partial charge in [0.2, 0.25) is 5.91 Å². The van der Waals surface area contributed by atoms with E-state index >= 15 is 0 Å². The zero-order valence-electron chi connectivity index (χ0n) is 24.1. The third-order valence-electron chi connectivity index (χ3n) is 6.80. The first-order chi connectivity index (χ1) is 21.7. The second-order valence-corrected chi connectivity index (χ2v) is 10.8. The van der Waals surface area contributed by atoms with Crippen molar-refractivity contribution in [3.63, 3.8) is 0 Å². The molecule has 0 bridgehead atoms. The van der Waals surface area contributed by atoms with E-state index in [1.807, 2.05) is 54.6 Å². The molecule has 0 saturated heterocycles. The summed E-state index contributed by atoms with van der Waals surface area (Å²) in [4.78, 5) is 42.3. The van der Waals surface area contributed by atoms with Gasteiger partial charge in [-0.2, -0.15) is 5.10 Å². The van der Waals surface area contributed by atoms with Gasteiger partial charge in [-0.25, -0.2) is 9.48 Å². The Kier molecular flexibility index (Phi) is 9.76. The Bertz CT molecular complexity index is 1930. The summed E-state index contributed by atoms with van der Waals surface area (Å²) in [5.41, 5.74) is 4.29. The van der Waals surface area contributed by atoms with Crippen LogP contribution in [0.1, 0.15) is 18.1 Å². The van der Waals surface area contributed by atoms with E-state index in [1.165, 1.54) is 23.1 Å². The number of benzene rings is 3. The number of carbonyl (C=O) groups is 2. The summed E-state index contributed by atoms with van der Waals surface area (Å²) in [6, 6.07) is 22.8. The highest BCUT2D eigenvalue weighted by molar-refractivity contribution is 6.39. The van der Waals surface area contributed by atoms with Crippen LogP contribution in [0.25, 0.3) is 22.4 Å². The van der Waals surface area contributed by atoms with Crippen molar-refractivity contribution in [2.45, 2.75) is 26.4 Å². The molecule has 45 heavy (non-hydrogen) atoms. The van der Waals surface area contributed by atoms with Crippen LogP contribution in [0.15, 0.2) is 96.1 Å². The van der Waals surface area contributed by atoms with Gasteiger partial charge in [0.05, 0.1) is 27.8 Å². The van der Waals surface area contributed by atoms with E-state index < -0.39 is 11.6 Å². The molecule has 12 heteroatoms. The zero-order chi connectivity index (χ0) is 31.9. The summed E-state index contributed by atoms with van der Waals surface area (Å²) in [6.45, 7) is 2.37. The molecule has 0 fully saturated rings. The molecule has 10 nitrogen and oxygen atoms in total. The number of anilines is 2. The van der Waals surface area contributed by atoms with E-state index in [0.29, 0.717) is 17.8 Å². The fourth-order valence-electron chi connectivity index (χ4n) is 4.62. The molecule has 0 aliphatic rings. The lowest BCUT2D eigenvalue weighted by molar-refractivity contribution is -0.120. The van der Waals surface area contributed by atoms with E-state index in [0.717, 1.165) is 22.3 Å². The van der Waals surface area contributed by atoms with Gasteiger partial charge in [0.1, 0.15) is 11.4 Å². The molecular formula is C33H28Cl2N6O4. The minimum absolute atomic E-state index is 0.0183. The number of pyridine rings is 1. The lowest BCUT2D eigenvalue weighted by atomic mass is 9.99. The Morgan fingerprint density at radius 3 is 2.24 bits per heavy atom. The van der Waals surface area contributed by atoms with Gasteiger partial charge in [0, 0.05) is 31.0 Å². The molecule has 5 aromatic rings. The number of nitrogens with zero attached hydrogens (tertiary/aromatic N) is 3. The topological polar surface area (TPSA) is 138 Å². The number of rotatable bonds is 9. The first kappa shape index (κ1) is 31.2. The molecule has 0 atom stereocenters. The van der Waals surface area contributed by atoms with Gasteiger partial charge in [0.15, 0.2) is 0 Å². The molecule has 0 radical (unpaired) electrons. The summed E-state index contributed by atoms with van der Waals surface area (Å²) in [5.74, 6) is 0.00268. The Balaban J connectivity index is 1.34. The van der Waals surface area contributed by atoms with Crippen LogP contribution in [-0.4, -0.2) is 31.8 Å². The van der Waals surface area contributed by atoms with Gasteiger partial charge in [0.25, 0.3) is 5.56 Å². The molecule has 0 saturated carbocycles. The highest BCUT2D eigenvalue weighted by Gasteiger charge is 2.15. The zero-order valence-corrected chi connectivity index (χ0v) is 25.6. The average molecular weight is 644 g/mol. The fourth-order valence-corrected chi connectivity index (χ4v) is 5.08. The number of carbonyl (C=O) groups excluding carboxylic acids is 2. The van der Waals surface area contributed by atoms with E-state index in [-0.39, 0.29) is 46.0 Å². The molecule has 228 valence electrons. The van der Waals surface area contributed by atoms with Crippen molar-refractivity contribution in [2.75, 3.05) is 10.6 Å². The second-order valence-electron chi connectivity index (χ2n) is 10.0. The summed E-state index contributed by atoms with van der Waals surface area (Å²) >= 11 is 12.2. The molecule has 0 unspecified atom stereocenters. The third kappa shape index (κ3) is 7.86. The minimum atomic E-state index is -0.710. The van der Waals surface area contributed by atoms with Crippen LogP contribution in [0.4, 0.5) is 16.2 Å². The molecule has 2 heterocycles. The summed E-state index contributed by atoms with van der Waals surface area (Å²) in [6.07, 6.45) is 2.87. The number of hydrogen-bond acceptors (Lipinski definition) is 6. The Labute approximate surface area is 268 Å². The summed E-state index contributed by atoms with van der Waals surface area (Å²) < 4.78 is 1.26. The van der Waals surface area contributed by atoms with Crippen LogP contribution < -0.4 is 21.5 Å². The molecule has 0 aliphatic carbocycles. The fraction of sp³-hybridized carbons (Fsp3) is 0.121. The number of aromatic nitrogens is 3. The van der Waals surface area contributed by atoms with Gasteiger partial charge < -0.3 is 21.1 Å². The van der Waals surface area contributed by atoms with Crippen molar-refractivity contribution in [3.05, 3.63) is 123 Å². The quantitative estimate of drug-likeness (QED) is 0.145. The van der Waals surface area contributed by atoms with E-state index in [9.17, 15) is 19.5 Å². The average Bonchev–Trinajstić information content (AvgIpc) is 3.03. The number of nitrogens with one attached hydrogen (secondary N) is 3. The maximum atomic E-state index is 13.0. The van der Waals surface area contributed by atoms with Gasteiger partial charge in [-0.3, -0.25) is 14.6 Å². The largest absolute Gasteiger partial charge is 0.508 e. The molecule has 3 amide bonds. The maximum absolute atomic E-state index is 13.0. The van der Waals surface area contributed by atoms with E-state index in [4.69, 9.17) is 23.2 Å². The van der Waals surface area contributed by atoms with Crippen LogP contribution >= 0.6 is 23.2 Å². The normalized spacial score (nSPS) is 10.7. The standard InChI is InChI=1S/C33H28Cl2N6O4/c1-2-41-32(44)29(38-33(45)39-31-26(34)18-36-19-27(31)35)16-28(40-41)24-10-5-9-23(15-24)22-8-3-6-20(12-22)14-30(43)37-17-21-7-4-11-25(42)13-21/h3-13,15-16,18-19,42H,2,14,17H2,1H3,(H,37,43)(H2,36,38,39,45). The minimum Gasteiger partial charge on any atom is -0.508 e. The first-order valence-electron chi connectivity index (χ1n) is 13.9. The number of aromatic hydroxyl groups is 1. The number of aryl methyl sites for hydroxylation is 1. The number of phenols is 1. The molecule has 4 N–H and O–H groups in total. The van der Waals surface area contributed by atoms with E-state index in [1.54, 1.807) is 25.1 Å². The van der Waals surface area contributed by atoms with Crippen molar-refractivity contribution in [1.82, 2.24) is 20.1 Å². The third-order valence-corrected chi connectivity index (χ3v) is 7.37. The molecule has 5 rings (SSSR count). The van der Waals surface area contributed by atoms with Crippen LogP contribution in [0.3, 0.4) is 0 Å². The van der Waals surface area contributed by atoms with E-state index in [2.05, 4.69) is 26.0 Å². The Morgan fingerprint density at radius 1 is 0.844 bits per heavy atom. The van der Waals surface area contributed by atoms with Crippen LogP contribution in [0.2, 0.25) is 10.0 Å². The van der Waals surface area contributed by atoms with Gasteiger partial charge in [-0.1, -0.05) is 77.8 Å². The van der Waals surface area contributed by atoms with Crippen molar-refractivity contribution < 1.29 is 14.7 Å². The Hall–Kier alpha value is -5.19. The molecular weight excluding hydrogens is 615 g/mol. The van der Waals surface area contributed by atoms with Gasteiger partial charge in [-0.05, 0) is 53.4 Å². The number of phenolic OH excluding ortho intramolecular Hbond substituents is 1. The van der Waals surface area contributed by atoms with Gasteiger partial charge in [-0.15, -0.1) is 0 Å². The summed E-state index contributed by atoms with van der Waals surface area (Å²) in [7, 11) is 0. The predicted octanol–water partition coefficient (Wildman–Crippen LogP) is 6.51. The lowest BCUT2D eigenvalue weighted by Crippen LogP contribution is -2.29. The first-order valence-corrected chi connectivity index (χ1v) is 14.7. The molecule has 3 aromatic carbocycles. The van der Waals surface area contributed by atoms with Crippen molar-refractivity contribution in [2.24, 2.45) is 0 Å².